The van der Waals surface area contributed by atoms with Gasteiger partial charge in [0.25, 0.3) is 0 Å². The summed E-state index contributed by atoms with van der Waals surface area (Å²) in [5.74, 6) is -0.281. The van der Waals surface area contributed by atoms with Crippen LogP contribution in [0.1, 0.15) is 25.7 Å². The van der Waals surface area contributed by atoms with E-state index in [1.54, 1.807) is 0 Å². The van der Waals surface area contributed by atoms with Gasteiger partial charge in [-0.1, -0.05) is 0 Å². The average molecular weight is 227 g/mol. The molecule has 1 atom stereocenters. The van der Waals surface area contributed by atoms with Gasteiger partial charge >= 0.3 is 0 Å². The van der Waals surface area contributed by atoms with Gasteiger partial charge in [0.1, 0.15) is 0 Å². The van der Waals surface area contributed by atoms with Gasteiger partial charge in [0, 0.05) is 19.6 Å². The summed E-state index contributed by atoms with van der Waals surface area (Å²) in [5.41, 5.74) is 0. The van der Waals surface area contributed by atoms with Crippen LogP contribution in [-0.4, -0.2) is 56.2 Å². The van der Waals surface area contributed by atoms with E-state index in [1.165, 1.54) is 19.3 Å². The third kappa shape index (κ3) is 2.25. The summed E-state index contributed by atoms with van der Waals surface area (Å²) in [6.45, 7) is 5.59. The van der Waals surface area contributed by atoms with Crippen LogP contribution < -0.4 is 0 Å². The normalized spacial score (nSPS) is 34.9. The van der Waals surface area contributed by atoms with E-state index in [0.717, 1.165) is 45.9 Å². The molecule has 4 nitrogen and oxygen atoms in total. The van der Waals surface area contributed by atoms with Crippen LogP contribution in [0.15, 0.2) is 0 Å². The Morgan fingerprint density at radius 1 is 1.12 bits per heavy atom. The van der Waals surface area contributed by atoms with Crippen molar-refractivity contribution in [2.45, 2.75) is 37.6 Å². The lowest BCUT2D eigenvalue weighted by molar-refractivity contribution is -0.191. The van der Waals surface area contributed by atoms with Gasteiger partial charge in [0.05, 0.1) is 25.9 Å². The Kier molecular flexibility index (Phi) is 3.16. The second-order valence-electron chi connectivity index (χ2n) is 5.08. The van der Waals surface area contributed by atoms with E-state index in [9.17, 15) is 0 Å². The number of rotatable bonds is 2. The molecule has 0 N–H and O–H groups in total. The Morgan fingerprint density at radius 2 is 2.00 bits per heavy atom. The van der Waals surface area contributed by atoms with Crippen molar-refractivity contribution in [3.8, 4) is 0 Å². The highest BCUT2D eigenvalue weighted by Crippen LogP contribution is 2.30. The van der Waals surface area contributed by atoms with Gasteiger partial charge in [-0.3, -0.25) is 4.90 Å². The van der Waals surface area contributed by atoms with Crippen molar-refractivity contribution < 1.29 is 14.2 Å². The first kappa shape index (κ1) is 11.0. The van der Waals surface area contributed by atoms with Gasteiger partial charge in [-0.15, -0.1) is 0 Å². The molecule has 3 heterocycles. The summed E-state index contributed by atoms with van der Waals surface area (Å²) in [6.07, 6.45) is 5.10. The Bertz CT molecular complexity index is 234. The highest BCUT2D eigenvalue weighted by Gasteiger charge is 2.41. The number of nitrogens with zero attached hydrogens (tertiary/aromatic N) is 1. The second kappa shape index (κ2) is 4.61. The Hall–Kier alpha value is -0.160. The maximum atomic E-state index is 5.77. The summed E-state index contributed by atoms with van der Waals surface area (Å²) in [6, 6.07) is 0. The third-order valence-electron chi connectivity index (χ3n) is 3.80. The van der Waals surface area contributed by atoms with Crippen LogP contribution in [0.4, 0.5) is 0 Å². The SMILES string of the molecule is C1COC(CN2CCCC3(C2)OCCO3)C1. The zero-order valence-corrected chi connectivity index (χ0v) is 9.82. The van der Waals surface area contributed by atoms with E-state index in [0.29, 0.717) is 6.10 Å². The zero-order chi connectivity index (χ0) is 10.8. The standard InChI is InChI=1S/C12H21NO3/c1-3-11(14-6-1)9-13-5-2-4-12(10-13)15-7-8-16-12/h11H,1-10H2. The maximum Gasteiger partial charge on any atom is 0.181 e. The second-order valence-corrected chi connectivity index (χ2v) is 5.08. The predicted molar refractivity (Wildman–Crippen MR) is 59.3 cm³/mol. The van der Waals surface area contributed by atoms with Crippen molar-refractivity contribution in [1.82, 2.24) is 4.90 Å². The lowest BCUT2D eigenvalue weighted by Crippen LogP contribution is -2.50. The zero-order valence-electron chi connectivity index (χ0n) is 9.82. The third-order valence-corrected chi connectivity index (χ3v) is 3.80. The number of hydrogen-bond donors (Lipinski definition) is 0. The topological polar surface area (TPSA) is 30.9 Å². The van der Waals surface area contributed by atoms with Crippen LogP contribution in [0.25, 0.3) is 0 Å². The van der Waals surface area contributed by atoms with Crippen LogP contribution in [-0.2, 0) is 14.2 Å². The highest BCUT2D eigenvalue weighted by atomic mass is 16.7. The number of likely N-dealkylation sites (tertiary alicyclic amines) is 1. The molecule has 4 heteroatoms. The summed E-state index contributed by atoms with van der Waals surface area (Å²) in [7, 11) is 0. The molecule has 3 saturated heterocycles. The van der Waals surface area contributed by atoms with E-state index in [-0.39, 0.29) is 5.79 Å². The molecule has 3 fully saturated rings. The van der Waals surface area contributed by atoms with Crippen molar-refractivity contribution >= 4 is 0 Å². The molecule has 92 valence electrons. The van der Waals surface area contributed by atoms with Crippen LogP contribution in [0.3, 0.4) is 0 Å². The first-order valence-corrected chi connectivity index (χ1v) is 6.48. The van der Waals surface area contributed by atoms with Crippen molar-refractivity contribution in [3.63, 3.8) is 0 Å². The fraction of sp³-hybridized carbons (Fsp3) is 1.00. The first-order chi connectivity index (χ1) is 7.86. The van der Waals surface area contributed by atoms with Gasteiger partial charge in [-0.05, 0) is 25.8 Å². The number of piperidine rings is 1. The van der Waals surface area contributed by atoms with Crippen LogP contribution >= 0.6 is 0 Å². The van der Waals surface area contributed by atoms with Crippen LogP contribution in [0.2, 0.25) is 0 Å². The van der Waals surface area contributed by atoms with Gasteiger partial charge < -0.3 is 14.2 Å². The molecule has 3 aliphatic heterocycles. The monoisotopic (exact) mass is 227 g/mol. The molecule has 0 aromatic carbocycles. The predicted octanol–water partition coefficient (Wildman–Crippen LogP) is 1.00. The van der Waals surface area contributed by atoms with Crippen LogP contribution in [0.5, 0.6) is 0 Å². The molecule has 0 aromatic rings. The molecule has 16 heavy (non-hydrogen) atoms. The van der Waals surface area contributed by atoms with E-state index < -0.39 is 0 Å². The average Bonchev–Trinajstić information content (AvgIpc) is 2.91. The quantitative estimate of drug-likeness (QED) is 0.704. The van der Waals surface area contributed by atoms with E-state index in [1.807, 2.05) is 0 Å². The largest absolute Gasteiger partial charge is 0.377 e. The maximum absolute atomic E-state index is 5.77. The molecule has 0 bridgehead atoms. The van der Waals surface area contributed by atoms with Crippen molar-refractivity contribution in [3.05, 3.63) is 0 Å². The molecule has 1 unspecified atom stereocenters. The number of hydrogen-bond acceptors (Lipinski definition) is 4. The molecule has 3 rings (SSSR count). The molecular formula is C12H21NO3. The first-order valence-electron chi connectivity index (χ1n) is 6.48. The molecule has 0 amide bonds. The van der Waals surface area contributed by atoms with Gasteiger partial charge in [-0.2, -0.15) is 0 Å². The molecule has 3 aliphatic rings. The fourth-order valence-corrected chi connectivity index (χ4v) is 3.04. The minimum Gasteiger partial charge on any atom is -0.377 e. The lowest BCUT2D eigenvalue weighted by Gasteiger charge is -2.39. The highest BCUT2D eigenvalue weighted by molar-refractivity contribution is 4.85. The molecule has 0 radical (unpaired) electrons. The summed E-state index contributed by atoms with van der Waals surface area (Å²) < 4.78 is 17.2. The van der Waals surface area contributed by atoms with Crippen LogP contribution in [0, 0.1) is 0 Å². The number of ether oxygens (including phenoxy) is 3. The Morgan fingerprint density at radius 3 is 2.75 bits per heavy atom. The minimum absolute atomic E-state index is 0.281. The molecule has 0 aromatic heterocycles. The summed E-state index contributed by atoms with van der Waals surface area (Å²) >= 11 is 0. The molecule has 0 saturated carbocycles. The van der Waals surface area contributed by atoms with Crippen molar-refractivity contribution in [2.75, 3.05) is 39.5 Å². The Balaban J connectivity index is 1.55. The summed E-state index contributed by atoms with van der Waals surface area (Å²) in [4.78, 5) is 2.45. The molecule has 1 spiro atoms. The van der Waals surface area contributed by atoms with Crippen molar-refractivity contribution in [2.24, 2.45) is 0 Å². The smallest absolute Gasteiger partial charge is 0.181 e. The minimum atomic E-state index is -0.281. The molecular weight excluding hydrogens is 206 g/mol. The van der Waals surface area contributed by atoms with E-state index in [4.69, 9.17) is 14.2 Å². The van der Waals surface area contributed by atoms with Gasteiger partial charge in [0.2, 0.25) is 0 Å². The van der Waals surface area contributed by atoms with E-state index >= 15 is 0 Å². The van der Waals surface area contributed by atoms with Crippen molar-refractivity contribution in [1.29, 1.82) is 0 Å². The van der Waals surface area contributed by atoms with Gasteiger partial charge in [0.15, 0.2) is 5.79 Å². The lowest BCUT2D eigenvalue weighted by atomic mass is 10.0. The Labute approximate surface area is 96.8 Å². The summed E-state index contributed by atoms with van der Waals surface area (Å²) in [5, 5.41) is 0. The van der Waals surface area contributed by atoms with E-state index in [2.05, 4.69) is 4.90 Å². The fourth-order valence-electron chi connectivity index (χ4n) is 3.04. The molecule has 0 aliphatic carbocycles. The van der Waals surface area contributed by atoms with Gasteiger partial charge in [-0.25, -0.2) is 0 Å².